The molecule has 1 aromatic heterocycles. The van der Waals surface area contributed by atoms with E-state index in [0.717, 1.165) is 10.4 Å². The molecule has 0 radical (unpaired) electrons. The van der Waals surface area contributed by atoms with Gasteiger partial charge in [-0.2, -0.15) is 23.0 Å². The van der Waals surface area contributed by atoms with Crippen LogP contribution >= 0.6 is 0 Å². The minimum absolute atomic E-state index is 0.0398. The maximum absolute atomic E-state index is 13.9. The maximum atomic E-state index is 13.9. The van der Waals surface area contributed by atoms with E-state index >= 15 is 0 Å². The van der Waals surface area contributed by atoms with E-state index in [-0.39, 0.29) is 15.9 Å². The molecule has 3 aromatic carbocycles. The molecule has 0 amide bonds. The number of halogens is 3. The first-order chi connectivity index (χ1) is 17.6. The van der Waals surface area contributed by atoms with Crippen LogP contribution in [-0.2, 0) is 10.9 Å². The average Bonchev–Trinajstić information content (AvgIpc) is 3.21. The van der Waals surface area contributed by atoms with Gasteiger partial charge < -0.3 is 9.16 Å². The first-order valence-electron chi connectivity index (χ1n) is 12.3. The SMILES string of the molecule is CC(C)(C)OC(=O)n1nc(C(F)(F)F)c2ccc(O[Si](c3ccccc3)(c3ccccc3)C(C)(C)C)cc21. The largest absolute Gasteiger partial charge is 0.534 e. The van der Waals surface area contributed by atoms with Crippen molar-refractivity contribution in [2.24, 2.45) is 0 Å². The minimum Gasteiger partial charge on any atom is -0.534 e. The summed E-state index contributed by atoms with van der Waals surface area (Å²) in [4.78, 5) is 12.9. The van der Waals surface area contributed by atoms with Gasteiger partial charge in [0.05, 0.1) is 5.52 Å². The van der Waals surface area contributed by atoms with Crippen molar-refractivity contribution < 1.29 is 27.1 Å². The Hall–Kier alpha value is -3.59. The molecule has 0 aliphatic rings. The van der Waals surface area contributed by atoms with Gasteiger partial charge in [0, 0.05) is 11.5 Å². The highest BCUT2D eigenvalue weighted by Crippen LogP contribution is 2.40. The topological polar surface area (TPSA) is 53.4 Å². The van der Waals surface area contributed by atoms with Crippen LogP contribution in [0.15, 0.2) is 78.9 Å². The van der Waals surface area contributed by atoms with Gasteiger partial charge in [-0.1, -0.05) is 81.4 Å². The first kappa shape index (κ1) is 27.4. The fourth-order valence-corrected chi connectivity index (χ4v) is 9.05. The zero-order chi connectivity index (χ0) is 27.9. The maximum Gasteiger partial charge on any atom is 0.435 e. The Labute approximate surface area is 221 Å². The van der Waals surface area contributed by atoms with E-state index in [1.807, 2.05) is 60.7 Å². The third kappa shape index (κ3) is 5.20. The van der Waals surface area contributed by atoms with Crippen LogP contribution in [0.5, 0.6) is 5.75 Å². The van der Waals surface area contributed by atoms with Crippen LogP contribution in [0.25, 0.3) is 10.9 Å². The molecule has 200 valence electrons. The molecule has 38 heavy (non-hydrogen) atoms. The lowest BCUT2D eigenvalue weighted by Crippen LogP contribution is -2.68. The Morgan fingerprint density at radius 1 is 0.816 bits per heavy atom. The normalized spacial score (nSPS) is 13.0. The molecule has 0 saturated carbocycles. The molecule has 0 aliphatic heterocycles. The second kappa shape index (κ2) is 9.61. The molecular formula is C29H31F3N2O3Si. The van der Waals surface area contributed by atoms with Crippen LogP contribution in [-0.4, -0.2) is 29.8 Å². The first-order valence-corrected chi connectivity index (χ1v) is 14.2. The molecule has 5 nitrogen and oxygen atoms in total. The van der Waals surface area contributed by atoms with Crippen molar-refractivity contribution in [2.45, 2.75) is 58.4 Å². The van der Waals surface area contributed by atoms with E-state index in [0.29, 0.717) is 10.4 Å². The van der Waals surface area contributed by atoms with E-state index < -0.39 is 31.9 Å². The number of benzene rings is 3. The zero-order valence-electron chi connectivity index (χ0n) is 22.3. The molecule has 9 heteroatoms. The highest BCUT2D eigenvalue weighted by Gasteiger charge is 2.52. The van der Waals surface area contributed by atoms with E-state index in [9.17, 15) is 18.0 Å². The van der Waals surface area contributed by atoms with Gasteiger partial charge in [0.1, 0.15) is 11.4 Å². The van der Waals surface area contributed by atoms with Crippen molar-refractivity contribution in [3.8, 4) is 5.75 Å². The number of carbonyl (C=O) groups is 1. The van der Waals surface area contributed by atoms with Crippen LogP contribution in [0, 0.1) is 0 Å². The number of rotatable bonds is 4. The van der Waals surface area contributed by atoms with Crippen molar-refractivity contribution in [1.29, 1.82) is 0 Å². The smallest absolute Gasteiger partial charge is 0.435 e. The van der Waals surface area contributed by atoms with Gasteiger partial charge in [-0.25, -0.2) is 4.79 Å². The third-order valence-electron chi connectivity index (χ3n) is 6.18. The van der Waals surface area contributed by atoms with Crippen molar-refractivity contribution in [2.75, 3.05) is 0 Å². The number of nitrogens with zero attached hydrogens (tertiary/aromatic N) is 2. The van der Waals surface area contributed by atoms with Crippen molar-refractivity contribution >= 4 is 35.7 Å². The van der Waals surface area contributed by atoms with Gasteiger partial charge >= 0.3 is 20.6 Å². The summed E-state index contributed by atoms with van der Waals surface area (Å²) < 4.78 is 54.5. The molecule has 0 unspecified atom stereocenters. The quantitative estimate of drug-likeness (QED) is 0.268. The van der Waals surface area contributed by atoms with Gasteiger partial charge in [-0.05, 0) is 48.3 Å². The molecule has 4 rings (SSSR count). The molecule has 0 aliphatic carbocycles. The molecule has 0 atom stereocenters. The van der Waals surface area contributed by atoms with Gasteiger partial charge in [0.2, 0.25) is 0 Å². The molecule has 4 aromatic rings. The lowest BCUT2D eigenvalue weighted by molar-refractivity contribution is -0.140. The van der Waals surface area contributed by atoms with Crippen LogP contribution in [0.4, 0.5) is 18.0 Å². The highest BCUT2D eigenvalue weighted by atomic mass is 28.4. The van der Waals surface area contributed by atoms with Crippen LogP contribution in [0.2, 0.25) is 5.04 Å². The van der Waals surface area contributed by atoms with Crippen LogP contribution in [0.3, 0.4) is 0 Å². The average molecular weight is 541 g/mol. The van der Waals surface area contributed by atoms with Crippen molar-refractivity contribution in [1.82, 2.24) is 9.78 Å². The van der Waals surface area contributed by atoms with Gasteiger partial charge in [-0.3, -0.25) is 0 Å². The Kier molecular flexibility index (Phi) is 6.94. The molecule has 0 fully saturated rings. The predicted molar refractivity (Wildman–Crippen MR) is 145 cm³/mol. The number of hydrogen-bond acceptors (Lipinski definition) is 4. The number of hydrogen-bond donors (Lipinski definition) is 0. The highest BCUT2D eigenvalue weighted by molar-refractivity contribution is 7.00. The molecule has 0 bridgehead atoms. The number of carbonyl (C=O) groups excluding carboxylic acids is 1. The van der Waals surface area contributed by atoms with E-state index in [1.165, 1.54) is 18.2 Å². The number of ether oxygens (including phenoxy) is 1. The van der Waals surface area contributed by atoms with E-state index in [1.54, 1.807) is 20.8 Å². The zero-order valence-corrected chi connectivity index (χ0v) is 23.3. The summed E-state index contributed by atoms with van der Waals surface area (Å²) in [5.41, 5.74) is -2.12. The fraction of sp³-hybridized carbons (Fsp3) is 0.310. The molecular weight excluding hydrogens is 509 g/mol. The molecule has 0 spiro atoms. The monoisotopic (exact) mass is 540 g/mol. The van der Waals surface area contributed by atoms with Crippen LogP contribution in [0.1, 0.15) is 47.2 Å². The molecule has 1 heterocycles. The van der Waals surface area contributed by atoms with Crippen molar-refractivity contribution in [3.63, 3.8) is 0 Å². The molecule has 0 N–H and O–H groups in total. The lowest BCUT2D eigenvalue weighted by atomic mass is 10.2. The summed E-state index contributed by atoms with van der Waals surface area (Å²) in [5, 5.41) is 5.06. The Morgan fingerprint density at radius 2 is 1.34 bits per heavy atom. The number of alkyl halides is 3. The summed E-state index contributed by atoms with van der Waals surface area (Å²) in [5.74, 6) is 0.338. The van der Waals surface area contributed by atoms with Gasteiger partial charge in [0.25, 0.3) is 0 Å². The summed E-state index contributed by atoms with van der Waals surface area (Å²) in [6, 6.07) is 24.0. The van der Waals surface area contributed by atoms with E-state index in [2.05, 4.69) is 25.9 Å². The second-order valence-corrected chi connectivity index (χ2v) is 15.4. The number of fused-ring (bicyclic) bond motifs is 1. The minimum atomic E-state index is -4.76. The summed E-state index contributed by atoms with van der Waals surface area (Å²) >= 11 is 0. The fourth-order valence-electron chi connectivity index (χ4n) is 4.64. The van der Waals surface area contributed by atoms with Gasteiger partial charge in [0.15, 0.2) is 5.69 Å². The van der Waals surface area contributed by atoms with Gasteiger partial charge in [-0.15, -0.1) is 0 Å². The Bertz CT molecular complexity index is 1400. The van der Waals surface area contributed by atoms with E-state index in [4.69, 9.17) is 9.16 Å². The third-order valence-corrected chi connectivity index (χ3v) is 11.1. The molecule has 0 saturated heterocycles. The Balaban J connectivity index is 1.95. The second-order valence-electron chi connectivity index (χ2n) is 11.2. The van der Waals surface area contributed by atoms with Crippen molar-refractivity contribution in [3.05, 3.63) is 84.6 Å². The number of aromatic nitrogens is 2. The Morgan fingerprint density at radius 3 is 1.79 bits per heavy atom. The standard InChI is InChI=1S/C29H31F3N2O3Si/c1-27(2,3)36-26(35)34-24-19-20(17-18-23(24)25(33-34)29(30,31)32)37-38(28(4,5)6,21-13-9-7-10-14-21)22-15-11-8-12-16-22/h7-19H,1-6H3. The van der Waals surface area contributed by atoms with Crippen LogP contribution < -0.4 is 14.8 Å². The summed E-state index contributed by atoms with van der Waals surface area (Å²) in [7, 11) is -3.06. The lowest BCUT2D eigenvalue weighted by Gasteiger charge is -2.43. The predicted octanol–water partition coefficient (Wildman–Crippen LogP) is 6.78. The summed E-state index contributed by atoms with van der Waals surface area (Å²) in [6.07, 6.45) is -5.76. The summed E-state index contributed by atoms with van der Waals surface area (Å²) in [6.45, 7) is 11.2.